The van der Waals surface area contributed by atoms with E-state index < -0.39 is 5.91 Å². The minimum absolute atomic E-state index is 0.109. The highest BCUT2D eigenvalue weighted by molar-refractivity contribution is 5.90. The van der Waals surface area contributed by atoms with Crippen LogP contribution in [0.5, 0.6) is 0 Å². The summed E-state index contributed by atoms with van der Waals surface area (Å²) in [7, 11) is 0. The predicted molar refractivity (Wildman–Crippen MR) is 72.9 cm³/mol. The number of hydrogen-bond acceptors (Lipinski definition) is 6. The molecule has 2 heterocycles. The Balaban J connectivity index is 1.66. The summed E-state index contributed by atoms with van der Waals surface area (Å²) in [5, 5.41) is 6.21. The molecule has 110 valence electrons. The maximum absolute atomic E-state index is 12.8. The molecule has 0 aliphatic heterocycles. The van der Waals surface area contributed by atoms with E-state index in [1.807, 2.05) is 0 Å². The Labute approximate surface area is 124 Å². The Kier molecular flexibility index (Phi) is 3.82. The molecular formula is C14H10FN5O2. The molecule has 1 N–H and O–H groups in total. The van der Waals surface area contributed by atoms with Gasteiger partial charge in [0.15, 0.2) is 0 Å². The van der Waals surface area contributed by atoms with Crippen LogP contribution in [0.2, 0.25) is 0 Å². The van der Waals surface area contributed by atoms with Crippen LogP contribution in [0.15, 0.2) is 47.4 Å². The molecule has 0 fully saturated rings. The van der Waals surface area contributed by atoms with Crippen LogP contribution in [0, 0.1) is 5.82 Å². The molecule has 8 heteroatoms. The first-order valence-electron chi connectivity index (χ1n) is 6.35. The second-order valence-electron chi connectivity index (χ2n) is 4.32. The fourth-order valence-corrected chi connectivity index (χ4v) is 1.69. The van der Waals surface area contributed by atoms with Crippen molar-refractivity contribution in [3.05, 3.63) is 60.1 Å². The summed E-state index contributed by atoms with van der Waals surface area (Å²) in [6.45, 7) is 0.230. The summed E-state index contributed by atoms with van der Waals surface area (Å²) in [4.78, 5) is 23.8. The number of carbonyl (C=O) groups excluding carboxylic acids is 1. The second kappa shape index (κ2) is 6.08. The highest BCUT2D eigenvalue weighted by Crippen LogP contribution is 2.12. The zero-order chi connectivity index (χ0) is 15.4. The van der Waals surface area contributed by atoms with Gasteiger partial charge in [0.1, 0.15) is 11.5 Å². The predicted octanol–water partition coefficient (Wildman–Crippen LogP) is 1.60. The average molecular weight is 299 g/mol. The van der Waals surface area contributed by atoms with Crippen molar-refractivity contribution < 1.29 is 13.7 Å². The van der Waals surface area contributed by atoms with Gasteiger partial charge >= 0.3 is 0 Å². The van der Waals surface area contributed by atoms with E-state index in [4.69, 9.17) is 4.52 Å². The number of benzene rings is 1. The lowest BCUT2D eigenvalue weighted by molar-refractivity contribution is 0.0937. The molecule has 3 aromatic rings. The summed E-state index contributed by atoms with van der Waals surface area (Å²) >= 11 is 0. The lowest BCUT2D eigenvalue weighted by atomic mass is 10.2. The number of hydrogen-bond donors (Lipinski definition) is 1. The van der Waals surface area contributed by atoms with E-state index >= 15 is 0 Å². The lowest BCUT2D eigenvalue weighted by Crippen LogP contribution is -2.23. The Morgan fingerprint density at radius 3 is 2.77 bits per heavy atom. The Morgan fingerprint density at radius 1 is 1.23 bits per heavy atom. The largest absolute Gasteiger partial charge is 0.345 e. The van der Waals surface area contributed by atoms with Crippen molar-refractivity contribution in [3.8, 4) is 11.6 Å². The zero-order valence-corrected chi connectivity index (χ0v) is 11.2. The highest BCUT2D eigenvalue weighted by Gasteiger charge is 2.16. The zero-order valence-electron chi connectivity index (χ0n) is 11.2. The number of nitrogens with zero attached hydrogens (tertiary/aromatic N) is 4. The van der Waals surface area contributed by atoms with Gasteiger partial charge in [0.25, 0.3) is 17.6 Å². The summed E-state index contributed by atoms with van der Waals surface area (Å²) in [6.07, 6.45) is 4.44. The topological polar surface area (TPSA) is 93.8 Å². The Morgan fingerprint density at radius 2 is 2.05 bits per heavy atom. The van der Waals surface area contributed by atoms with E-state index in [-0.39, 0.29) is 24.1 Å². The number of nitrogens with one attached hydrogen (secondary N) is 1. The number of rotatable bonds is 4. The van der Waals surface area contributed by atoms with Gasteiger partial charge in [-0.3, -0.25) is 9.78 Å². The van der Waals surface area contributed by atoms with Gasteiger partial charge in [-0.1, -0.05) is 17.3 Å². The Hall–Kier alpha value is -3.16. The third kappa shape index (κ3) is 3.11. The summed E-state index contributed by atoms with van der Waals surface area (Å²) in [5.41, 5.74) is 1.14. The Bertz CT molecular complexity index is 773. The van der Waals surface area contributed by atoms with Crippen molar-refractivity contribution >= 4 is 5.91 Å². The van der Waals surface area contributed by atoms with E-state index in [0.717, 1.165) is 5.56 Å². The maximum atomic E-state index is 12.8. The molecule has 0 unspecified atom stereocenters. The fourth-order valence-electron chi connectivity index (χ4n) is 1.69. The summed E-state index contributed by atoms with van der Waals surface area (Å²) in [6, 6.07) is 5.80. The van der Waals surface area contributed by atoms with E-state index in [2.05, 4.69) is 25.4 Å². The molecule has 0 atom stereocenters. The van der Waals surface area contributed by atoms with Crippen LogP contribution >= 0.6 is 0 Å². The summed E-state index contributed by atoms with van der Waals surface area (Å²) in [5.74, 6) is -0.826. The van der Waals surface area contributed by atoms with Crippen molar-refractivity contribution in [2.75, 3.05) is 0 Å². The molecule has 3 rings (SSSR count). The van der Waals surface area contributed by atoms with Crippen LogP contribution in [-0.4, -0.2) is 26.0 Å². The molecule has 2 aromatic heterocycles. The molecule has 0 saturated heterocycles. The van der Waals surface area contributed by atoms with Crippen LogP contribution < -0.4 is 5.32 Å². The molecule has 1 aromatic carbocycles. The number of halogens is 1. The van der Waals surface area contributed by atoms with Crippen LogP contribution in [0.4, 0.5) is 4.39 Å². The van der Waals surface area contributed by atoms with Gasteiger partial charge < -0.3 is 9.84 Å². The third-order valence-corrected chi connectivity index (χ3v) is 2.78. The SMILES string of the molecule is O=C(NCc1ccc(F)cc1)c1noc(-c2cnccn2)n1. The third-order valence-electron chi connectivity index (χ3n) is 2.78. The normalized spacial score (nSPS) is 10.4. The van der Waals surface area contributed by atoms with Gasteiger partial charge in [-0.15, -0.1) is 0 Å². The van der Waals surface area contributed by atoms with E-state index in [1.54, 1.807) is 12.1 Å². The van der Waals surface area contributed by atoms with Crippen molar-refractivity contribution in [1.82, 2.24) is 25.4 Å². The first-order valence-corrected chi connectivity index (χ1v) is 6.35. The molecule has 1 amide bonds. The molecule has 0 bridgehead atoms. The molecule has 0 aliphatic carbocycles. The maximum Gasteiger partial charge on any atom is 0.292 e. The highest BCUT2D eigenvalue weighted by atomic mass is 19.1. The quantitative estimate of drug-likeness (QED) is 0.786. The molecule has 0 aliphatic rings. The molecule has 22 heavy (non-hydrogen) atoms. The van der Waals surface area contributed by atoms with Crippen molar-refractivity contribution in [3.63, 3.8) is 0 Å². The van der Waals surface area contributed by atoms with Gasteiger partial charge in [0.05, 0.1) is 6.20 Å². The van der Waals surface area contributed by atoms with E-state index in [9.17, 15) is 9.18 Å². The van der Waals surface area contributed by atoms with Gasteiger partial charge in [-0.2, -0.15) is 4.98 Å². The smallest absolute Gasteiger partial charge is 0.292 e. The molecule has 0 saturated carbocycles. The number of aromatic nitrogens is 4. The molecule has 0 spiro atoms. The minimum atomic E-state index is -0.497. The van der Waals surface area contributed by atoms with E-state index in [0.29, 0.717) is 5.69 Å². The second-order valence-corrected chi connectivity index (χ2v) is 4.32. The van der Waals surface area contributed by atoms with Crippen molar-refractivity contribution in [2.45, 2.75) is 6.54 Å². The lowest BCUT2D eigenvalue weighted by Gasteiger charge is -2.02. The first-order chi connectivity index (χ1) is 10.7. The van der Waals surface area contributed by atoms with Gasteiger partial charge in [0, 0.05) is 18.9 Å². The number of carbonyl (C=O) groups is 1. The van der Waals surface area contributed by atoms with Gasteiger partial charge in [-0.05, 0) is 17.7 Å². The van der Waals surface area contributed by atoms with E-state index in [1.165, 1.54) is 30.7 Å². The standard InChI is InChI=1S/C14H10FN5O2/c15-10-3-1-9(2-4-10)7-18-13(21)12-19-14(22-20-12)11-8-16-5-6-17-11/h1-6,8H,7H2,(H,18,21). The molecule has 0 radical (unpaired) electrons. The summed E-state index contributed by atoms with van der Waals surface area (Å²) < 4.78 is 17.7. The molecule has 7 nitrogen and oxygen atoms in total. The van der Waals surface area contributed by atoms with Crippen molar-refractivity contribution in [1.29, 1.82) is 0 Å². The van der Waals surface area contributed by atoms with Crippen LogP contribution in [0.1, 0.15) is 16.2 Å². The monoisotopic (exact) mass is 299 g/mol. The number of amides is 1. The van der Waals surface area contributed by atoms with Crippen molar-refractivity contribution in [2.24, 2.45) is 0 Å². The van der Waals surface area contributed by atoms with Crippen LogP contribution in [-0.2, 0) is 6.54 Å². The van der Waals surface area contributed by atoms with Crippen LogP contribution in [0.25, 0.3) is 11.6 Å². The van der Waals surface area contributed by atoms with Crippen LogP contribution in [0.3, 0.4) is 0 Å². The van der Waals surface area contributed by atoms with Gasteiger partial charge in [-0.25, -0.2) is 9.37 Å². The average Bonchev–Trinajstić information content (AvgIpc) is 3.05. The van der Waals surface area contributed by atoms with Gasteiger partial charge in [0.2, 0.25) is 0 Å². The molecular weight excluding hydrogens is 289 g/mol. The minimum Gasteiger partial charge on any atom is -0.345 e. The fraction of sp³-hybridized carbons (Fsp3) is 0.0714. The first kappa shape index (κ1) is 13.8.